The van der Waals surface area contributed by atoms with Crippen molar-refractivity contribution in [1.29, 1.82) is 0 Å². The van der Waals surface area contributed by atoms with Gasteiger partial charge in [0.1, 0.15) is 0 Å². The second-order valence-corrected chi connectivity index (χ2v) is 4.88. The number of likely N-dealkylation sites (N-methyl/N-ethyl adjacent to an activating group) is 1. The van der Waals surface area contributed by atoms with E-state index in [-0.39, 0.29) is 5.91 Å². The highest BCUT2D eigenvalue weighted by Crippen LogP contribution is 2.28. The molecule has 0 aliphatic heterocycles. The molecule has 2 N–H and O–H groups in total. The maximum atomic E-state index is 11.8. The molecule has 116 valence electrons. The molecule has 0 unspecified atom stereocenters. The van der Waals surface area contributed by atoms with Gasteiger partial charge in [-0.1, -0.05) is 12.1 Å². The highest BCUT2D eigenvalue weighted by molar-refractivity contribution is 5.99. The second-order valence-electron chi connectivity index (χ2n) is 4.88. The van der Waals surface area contributed by atoms with Crippen molar-refractivity contribution in [3.63, 3.8) is 0 Å². The highest BCUT2D eigenvalue weighted by Gasteiger charge is 2.12. The lowest BCUT2D eigenvalue weighted by Crippen LogP contribution is -2.15. The van der Waals surface area contributed by atoms with Gasteiger partial charge in [0.2, 0.25) is 11.8 Å². The third-order valence-corrected chi connectivity index (χ3v) is 3.49. The first-order valence-electron chi connectivity index (χ1n) is 7.10. The number of H-pyrrole nitrogens is 1. The van der Waals surface area contributed by atoms with Gasteiger partial charge in [-0.15, -0.1) is 5.10 Å². The monoisotopic (exact) mass is 308 g/mol. The van der Waals surface area contributed by atoms with Gasteiger partial charge in [0.25, 0.3) is 0 Å². The Balaban J connectivity index is 2.13. The number of fused-ring (bicyclic) bond motifs is 1. The molecule has 0 saturated carbocycles. The number of aromatic amines is 1. The number of amides is 1. The molecule has 2 heterocycles. The van der Waals surface area contributed by atoms with Crippen molar-refractivity contribution in [1.82, 2.24) is 20.5 Å². The first-order chi connectivity index (χ1) is 11.2. The van der Waals surface area contributed by atoms with Crippen LogP contribution in [0.15, 0.2) is 48.7 Å². The standard InChI is InChI=1S/C17H16N4O2/c1-18-16(22)10-13(14-5-3-4-8-19-14)11-6-7-12-15(9-11)20-21-17(12)23-2/h3-10H,1-2H3,(H,18,22)(H,20,21). The van der Waals surface area contributed by atoms with Crippen LogP contribution in [0.4, 0.5) is 0 Å². The molecule has 23 heavy (non-hydrogen) atoms. The molecule has 0 atom stereocenters. The highest BCUT2D eigenvalue weighted by atomic mass is 16.5. The topological polar surface area (TPSA) is 79.9 Å². The van der Waals surface area contributed by atoms with E-state index in [0.717, 1.165) is 27.7 Å². The van der Waals surface area contributed by atoms with Gasteiger partial charge in [0.05, 0.1) is 23.7 Å². The number of methoxy groups -OCH3 is 1. The maximum Gasteiger partial charge on any atom is 0.244 e. The van der Waals surface area contributed by atoms with Crippen LogP contribution in [0.5, 0.6) is 5.88 Å². The molecule has 6 nitrogen and oxygen atoms in total. The van der Waals surface area contributed by atoms with E-state index >= 15 is 0 Å². The van der Waals surface area contributed by atoms with Gasteiger partial charge < -0.3 is 10.1 Å². The summed E-state index contributed by atoms with van der Waals surface area (Å²) in [4.78, 5) is 16.2. The van der Waals surface area contributed by atoms with Crippen molar-refractivity contribution in [2.75, 3.05) is 14.2 Å². The van der Waals surface area contributed by atoms with Crippen LogP contribution >= 0.6 is 0 Å². The first kappa shape index (κ1) is 14.8. The van der Waals surface area contributed by atoms with Gasteiger partial charge in [-0.25, -0.2) is 0 Å². The van der Waals surface area contributed by atoms with Gasteiger partial charge in [0.15, 0.2) is 0 Å². The first-order valence-corrected chi connectivity index (χ1v) is 7.10. The van der Waals surface area contributed by atoms with Crippen LogP contribution in [0, 0.1) is 0 Å². The summed E-state index contributed by atoms with van der Waals surface area (Å²) < 4.78 is 5.20. The van der Waals surface area contributed by atoms with Crippen molar-refractivity contribution >= 4 is 22.4 Å². The molecular weight excluding hydrogens is 292 g/mol. The average Bonchev–Trinajstić information content (AvgIpc) is 3.02. The molecule has 0 spiro atoms. The van der Waals surface area contributed by atoms with Crippen LogP contribution in [0.1, 0.15) is 11.3 Å². The van der Waals surface area contributed by atoms with Gasteiger partial charge in [0, 0.05) is 24.9 Å². The van der Waals surface area contributed by atoms with Crippen LogP contribution in [0.25, 0.3) is 16.5 Å². The Morgan fingerprint density at radius 2 is 2.17 bits per heavy atom. The summed E-state index contributed by atoms with van der Waals surface area (Å²) in [5.41, 5.74) is 3.16. The normalized spacial score (nSPS) is 11.5. The van der Waals surface area contributed by atoms with E-state index in [1.807, 2.05) is 36.4 Å². The van der Waals surface area contributed by atoms with Crippen molar-refractivity contribution < 1.29 is 9.53 Å². The van der Waals surface area contributed by atoms with E-state index in [2.05, 4.69) is 20.5 Å². The van der Waals surface area contributed by atoms with Gasteiger partial charge in [-0.2, -0.15) is 0 Å². The fraction of sp³-hybridized carbons (Fsp3) is 0.118. The number of hydrogen-bond donors (Lipinski definition) is 2. The van der Waals surface area contributed by atoms with Gasteiger partial charge in [-0.3, -0.25) is 14.9 Å². The molecule has 3 aromatic rings. The Morgan fingerprint density at radius 1 is 1.30 bits per heavy atom. The number of carbonyl (C=O) groups is 1. The lowest BCUT2D eigenvalue weighted by atomic mass is 10.0. The Hall–Kier alpha value is -3.15. The fourth-order valence-corrected chi connectivity index (χ4v) is 2.35. The summed E-state index contributed by atoms with van der Waals surface area (Å²) in [6, 6.07) is 11.3. The largest absolute Gasteiger partial charge is 0.480 e. The molecule has 0 bridgehead atoms. The Labute approximate surface area is 133 Å². The lowest BCUT2D eigenvalue weighted by molar-refractivity contribution is -0.116. The number of rotatable bonds is 4. The van der Waals surface area contributed by atoms with Gasteiger partial charge in [-0.05, 0) is 29.8 Å². The van der Waals surface area contributed by atoms with Crippen molar-refractivity contribution in [2.45, 2.75) is 0 Å². The number of benzene rings is 1. The smallest absolute Gasteiger partial charge is 0.244 e. The van der Waals surface area contributed by atoms with Crippen LogP contribution in [-0.2, 0) is 4.79 Å². The summed E-state index contributed by atoms with van der Waals surface area (Å²) in [5.74, 6) is 0.356. The lowest BCUT2D eigenvalue weighted by Gasteiger charge is -2.08. The van der Waals surface area contributed by atoms with Crippen molar-refractivity contribution in [3.8, 4) is 5.88 Å². The van der Waals surface area contributed by atoms with Crippen molar-refractivity contribution in [3.05, 3.63) is 59.9 Å². The molecule has 0 radical (unpaired) electrons. The van der Waals surface area contributed by atoms with Gasteiger partial charge >= 0.3 is 0 Å². The Morgan fingerprint density at radius 3 is 2.87 bits per heavy atom. The number of nitrogens with one attached hydrogen (secondary N) is 2. The molecule has 1 aromatic carbocycles. The zero-order valence-corrected chi connectivity index (χ0v) is 12.8. The predicted molar refractivity (Wildman–Crippen MR) is 88.0 cm³/mol. The maximum absolute atomic E-state index is 11.8. The summed E-state index contributed by atoms with van der Waals surface area (Å²) in [6.07, 6.45) is 3.24. The molecule has 0 fully saturated rings. The minimum Gasteiger partial charge on any atom is -0.480 e. The van der Waals surface area contributed by atoms with E-state index in [0.29, 0.717) is 5.88 Å². The van der Waals surface area contributed by atoms with E-state index < -0.39 is 0 Å². The number of nitrogens with zero attached hydrogens (tertiary/aromatic N) is 2. The molecule has 1 amide bonds. The minimum atomic E-state index is -0.187. The Kier molecular flexibility index (Phi) is 4.05. The van der Waals surface area contributed by atoms with E-state index in [9.17, 15) is 4.79 Å². The molecule has 6 heteroatoms. The van der Waals surface area contributed by atoms with E-state index in [4.69, 9.17) is 4.74 Å². The molecular formula is C17H16N4O2. The SMILES string of the molecule is CNC(=O)C=C(c1ccc2c(OC)n[nH]c2c1)c1ccccn1. The van der Waals surface area contributed by atoms with Crippen LogP contribution in [0.2, 0.25) is 0 Å². The number of ether oxygens (including phenoxy) is 1. The molecule has 0 aliphatic carbocycles. The number of carbonyl (C=O) groups excluding carboxylic acids is 1. The van der Waals surface area contributed by atoms with E-state index in [1.165, 1.54) is 6.08 Å². The van der Waals surface area contributed by atoms with Crippen LogP contribution in [-0.4, -0.2) is 35.2 Å². The summed E-state index contributed by atoms with van der Waals surface area (Å²) in [7, 11) is 3.17. The predicted octanol–water partition coefficient (Wildman–Crippen LogP) is 2.14. The van der Waals surface area contributed by atoms with Crippen molar-refractivity contribution in [2.24, 2.45) is 0 Å². The van der Waals surface area contributed by atoms with Crippen LogP contribution in [0.3, 0.4) is 0 Å². The zero-order valence-electron chi connectivity index (χ0n) is 12.8. The second kappa shape index (κ2) is 6.31. The zero-order chi connectivity index (χ0) is 16.2. The number of aromatic nitrogens is 3. The average molecular weight is 308 g/mol. The minimum absolute atomic E-state index is 0.187. The Bertz CT molecular complexity index is 869. The van der Waals surface area contributed by atoms with E-state index in [1.54, 1.807) is 20.4 Å². The fourth-order valence-electron chi connectivity index (χ4n) is 2.35. The third kappa shape index (κ3) is 2.91. The number of pyridine rings is 1. The molecule has 3 rings (SSSR count). The summed E-state index contributed by atoms with van der Waals surface area (Å²) >= 11 is 0. The molecule has 0 aliphatic rings. The quantitative estimate of drug-likeness (QED) is 0.724. The van der Waals surface area contributed by atoms with Crippen LogP contribution < -0.4 is 10.1 Å². The third-order valence-electron chi connectivity index (χ3n) is 3.49. The number of hydrogen-bond acceptors (Lipinski definition) is 4. The molecule has 0 saturated heterocycles. The molecule has 2 aromatic heterocycles. The summed E-state index contributed by atoms with van der Waals surface area (Å²) in [6.45, 7) is 0. The summed E-state index contributed by atoms with van der Waals surface area (Å²) in [5, 5.41) is 10.5.